The highest BCUT2D eigenvalue weighted by atomic mass is 79.9. The number of carbonyl (C=O) groups excluding carboxylic acids is 2. The first-order valence-electron chi connectivity index (χ1n) is 13.5. The minimum atomic E-state index is -4.10. The van der Waals surface area contributed by atoms with E-state index in [9.17, 15) is 18.0 Å². The predicted octanol–water partition coefficient (Wildman–Crippen LogP) is 5.98. The standard InChI is InChI=1S/C31H38BrN3O4S/c1-6-24(5)33-31(37)29(7-2)34(20-25-12-8-22(3)9-13-25)30(36)21-35(27-16-14-26(32)15-17-27)40(38,39)28-18-10-23(4)11-19-28/h8-19,24,29H,6-7,20-21H2,1-5H3,(H,33,37)/t24-,29-/m0/s1. The van der Waals surface area contributed by atoms with Gasteiger partial charge in [0.25, 0.3) is 10.0 Å². The molecular weight excluding hydrogens is 590 g/mol. The predicted molar refractivity (Wildman–Crippen MR) is 164 cm³/mol. The molecule has 0 spiro atoms. The molecule has 3 aromatic carbocycles. The Kier molecular flexibility index (Phi) is 10.9. The highest BCUT2D eigenvalue weighted by Crippen LogP contribution is 2.26. The quantitative estimate of drug-likeness (QED) is 0.267. The Bertz CT molecular complexity index is 1390. The lowest BCUT2D eigenvalue weighted by molar-refractivity contribution is -0.140. The first-order chi connectivity index (χ1) is 19.0. The van der Waals surface area contributed by atoms with Gasteiger partial charge in [-0.05, 0) is 75.6 Å². The zero-order chi connectivity index (χ0) is 29.4. The van der Waals surface area contributed by atoms with Crippen LogP contribution in [0.2, 0.25) is 0 Å². The van der Waals surface area contributed by atoms with Crippen molar-refractivity contribution in [2.75, 3.05) is 10.8 Å². The van der Waals surface area contributed by atoms with Crippen LogP contribution in [-0.4, -0.2) is 43.8 Å². The Morgan fingerprint density at radius 3 is 1.93 bits per heavy atom. The van der Waals surface area contributed by atoms with E-state index in [4.69, 9.17) is 0 Å². The maximum atomic E-state index is 14.1. The zero-order valence-electron chi connectivity index (χ0n) is 23.7. The van der Waals surface area contributed by atoms with Crippen LogP contribution in [0.5, 0.6) is 0 Å². The van der Waals surface area contributed by atoms with Crippen LogP contribution in [-0.2, 0) is 26.2 Å². The highest BCUT2D eigenvalue weighted by Gasteiger charge is 2.34. The third-order valence-electron chi connectivity index (χ3n) is 6.86. The van der Waals surface area contributed by atoms with Gasteiger partial charge >= 0.3 is 0 Å². The maximum Gasteiger partial charge on any atom is 0.264 e. The van der Waals surface area contributed by atoms with E-state index in [2.05, 4.69) is 21.2 Å². The summed E-state index contributed by atoms with van der Waals surface area (Å²) in [7, 11) is -4.10. The van der Waals surface area contributed by atoms with Gasteiger partial charge in [-0.25, -0.2) is 8.42 Å². The first kappa shape index (κ1) is 31.4. The van der Waals surface area contributed by atoms with Crippen LogP contribution in [0.15, 0.2) is 82.2 Å². The molecule has 3 aromatic rings. The number of nitrogens with zero attached hydrogens (tertiary/aromatic N) is 2. The van der Waals surface area contributed by atoms with Crippen LogP contribution < -0.4 is 9.62 Å². The summed E-state index contributed by atoms with van der Waals surface area (Å²) in [5.41, 5.74) is 3.20. The van der Waals surface area contributed by atoms with Gasteiger partial charge in [0.2, 0.25) is 11.8 Å². The lowest BCUT2D eigenvalue weighted by Crippen LogP contribution is -2.53. The number of hydrogen-bond donors (Lipinski definition) is 1. The minimum Gasteiger partial charge on any atom is -0.352 e. The van der Waals surface area contributed by atoms with Gasteiger partial charge < -0.3 is 10.2 Å². The molecule has 40 heavy (non-hydrogen) atoms. The Labute approximate surface area is 246 Å². The van der Waals surface area contributed by atoms with Crippen LogP contribution in [0.3, 0.4) is 0 Å². The second-order valence-electron chi connectivity index (χ2n) is 10.1. The van der Waals surface area contributed by atoms with E-state index in [1.807, 2.05) is 58.9 Å². The van der Waals surface area contributed by atoms with Crippen molar-refractivity contribution in [2.24, 2.45) is 0 Å². The second-order valence-corrected chi connectivity index (χ2v) is 12.8. The molecule has 2 amide bonds. The number of anilines is 1. The van der Waals surface area contributed by atoms with Gasteiger partial charge in [0.05, 0.1) is 10.6 Å². The van der Waals surface area contributed by atoms with Crippen LogP contribution in [0.1, 0.15) is 50.3 Å². The van der Waals surface area contributed by atoms with Crippen molar-refractivity contribution >= 4 is 43.5 Å². The number of amides is 2. The number of hydrogen-bond acceptors (Lipinski definition) is 4. The van der Waals surface area contributed by atoms with E-state index < -0.39 is 28.5 Å². The average Bonchev–Trinajstić information content (AvgIpc) is 2.93. The van der Waals surface area contributed by atoms with Crippen molar-refractivity contribution < 1.29 is 18.0 Å². The third kappa shape index (κ3) is 7.95. The molecule has 1 N–H and O–H groups in total. The van der Waals surface area contributed by atoms with Gasteiger partial charge in [-0.15, -0.1) is 0 Å². The summed E-state index contributed by atoms with van der Waals surface area (Å²) in [6, 6.07) is 20.2. The highest BCUT2D eigenvalue weighted by molar-refractivity contribution is 9.10. The van der Waals surface area contributed by atoms with Gasteiger partial charge in [0.1, 0.15) is 12.6 Å². The fraction of sp³-hybridized carbons (Fsp3) is 0.355. The number of benzene rings is 3. The molecule has 0 aliphatic carbocycles. The molecule has 0 saturated heterocycles. The molecule has 2 atom stereocenters. The molecule has 0 aliphatic heterocycles. The number of rotatable bonds is 12. The van der Waals surface area contributed by atoms with Crippen LogP contribution in [0.4, 0.5) is 5.69 Å². The number of carbonyl (C=O) groups is 2. The summed E-state index contributed by atoms with van der Waals surface area (Å²) >= 11 is 3.40. The van der Waals surface area contributed by atoms with E-state index in [1.54, 1.807) is 48.5 Å². The molecule has 0 radical (unpaired) electrons. The van der Waals surface area contributed by atoms with E-state index in [0.717, 1.165) is 31.9 Å². The lowest BCUT2D eigenvalue weighted by atomic mass is 10.1. The summed E-state index contributed by atoms with van der Waals surface area (Å²) in [5.74, 6) is -0.723. The molecule has 0 aliphatic rings. The molecular formula is C31H38BrN3O4S. The van der Waals surface area contributed by atoms with Crippen molar-refractivity contribution in [3.05, 3.63) is 94.0 Å². The van der Waals surface area contributed by atoms with E-state index in [1.165, 1.54) is 4.90 Å². The van der Waals surface area contributed by atoms with Crippen molar-refractivity contribution in [3.8, 4) is 0 Å². The smallest absolute Gasteiger partial charge is 0.264 e. The number of nitrogens with one attached hydrogen (secondary N) is 1. The van der Waals surface area contributed by atoms with Crippen molar-refractivity contribution in [1.29, 1.82) is 0 Å². The van der Waals surface area contributed by atoms with E-state index in [-0.39, 0.29) is 23.4 Å². The topological polar surface area (TPSA) is 86.8 Å². The molecule has 214 valence electrons. The monoisotopic (exact) mass is 627 g/mol. The molecule has 9 heteroatoms. The van der Waals surface area contributed by atoms with Crippen molar-refractivity contribution in [3.63, 3.8) is 0 Å². The van der Waals surface area contributed by atoms with Gasteiger partial charge in [0.15, 0.2) is 0 Å². The summed E-state index contributed by atoms with van der Waals surface area (Å²) in [6.07, 6.45) is 1.13. The zero-order valence-corrected chi connectivity index (χ0v) is 26.1. The van der Waals surface area contributed by atoms with Gasteiger partial charge in [0, 0.05) is 17.1 Å². The Morgan fingerprint density at radius 1 is 0.850 bits per heavy atom. The van der Waals surface area contributed by atoms with Crippen LogP contribution in [0, 0.1) is 13.8 Å². The second kappa shape index (κ2) is 13.9. The fourth-order valence-corrected chi connectivity index (χ4v) is 5.90. The van der Waals surface area contributed by atoms with E-state index >= 15 is 0 Å². The molecule has 7 nitrogen and oxygen atoms in total. The molecule has 0 unspecified atom stereocenters. The molecule has 0 fully saturated rings. The first-order valence-corrected chi connectivity index (χ1v) is 15.7. The molecule has 0 heterocycles. The normalized spacial score (nSPS) is 12.8. The summed E-state index contributed by atoms with van der Waals surface area (Å²) in [4.78, 5) is 29.0. The number of sulfonamides is 1. The lowest BCUT2D eigenvalue weighted by Gasteiger charge is -2.33. The molecule has 0 bridgehead atoms. The van der Waals surface area contributed by atoms with Crippen molar-refractivity contribution in [1.82, 2.24) is 10.2 Å². The van der Waals surface area contributed by atoms with Gasteiger partial charge in [-0.3, -0.25) is 13.9 Å². The SMILES string of the molecule is CC[C@H](C)NC(=O)[C@H](CC)N(Cc1ccc(C)cc1)C(=O)CN(c1ccc(Br)cc1)S(=O)(=O)c1ccc(C)cc1. The van der Waals surface area contributed by atoms with Gasteiger partial charge in [-0.1, -0.05) is 77.3 Å². The summed E-state index contributed by atoms with van der Waals surface area (Å²) < 4.78 is 29.7. The number of halogens is 1. The van der Waals surface area contributed by atoms with E-state index in [0.29, 0.717) is 12.1 Å². The fourth-order valence-electron chi connectivity index (χ4n) is 4.22. The Hall–Kier alpha value is -3.17. The molecule has 0 saturated carbocycles. The van der Waals surface area contributed by atoms with Crippen LogP contribution in [0.25, 0.3) is 0 Å². The third-order valence-corrected chi connectivity index (χ3v) is 9.18. The summed E-state index contributed by atoms with van der Waals surface area (Å²) in [6.45, 7) is 9.32. The largest absolute Gasteiger partial charge is 0.352 e. The summed E-state index contributed by atoms with van der Waals surface area (Å²) in [5, 5.41) is 2.99. The van der Waals surface area contributed by atoms with Gasteiger partial charge in [-0.2, -0.15) is 0 Å². The maximum absolute atomic E-state index is 14.1. The Balaban J connectivity index is 2.04. The molecule has 3 rings (SSSR count). The minimum absolute atomic E-state index is 0.0564. The van der Waals surface area contributed by atoms with Crippen molar-refractivity contribution in [2.45, 2.75) is 71.0 Å². The van der Waals surface area contributed by atoms with Crippen LogP contribution >= 0.6 is 15.9 Å². The Morgan fingerprint density at radius 2 is 1.40 bits per heavy atom. The molecule has 0 aromatic heterocycles. The number of aryl methyl sites for hydroxylation is 2. The average molecular weight is 629 g/mol.